The number of alkyl halides is 1. The maximum absolute atomic E-state index is 13.2. The van der Waals surface area contributed by atoms with Gasteiger partial charge in [0.15, 0.2) is 0 Å². The Kier molecular flexibility index (Phi) is 3.91. The van der Waals surface area contributed by atoms with Gasteiger partial charge in [0.25, 0.3) is 0 Å². The standard InChI is InChI=1S/C13H17FO2/c14-12-8-11(6-7-13(12)15)16-9-10-4-2-1-3-5-10/h1-5,11-13,15H,6-9H2. The van der Waals surface area contributed by atoms with Crippen LogP contribution in [0.25, 0.3) is 0 Å². The van der Waals surface area contributed by atoms with Crippen LogP contribution in [0.15, 0.2) is 30.3 Å². The van der Waals surface area contributed by atoms with E-state index in [1.165, 1.54) is 0 Å². The van der Waals surface area contributed by atoms with Crippen molar-refractivity contribution in [3.63, 3.8) is 0 Å². The molecule has 0 aromatic heterocycles. The number of aliphatic hydroxyl groups excluding tert-OH is 1. The van der Waals surface area contributed by atoms with Gasteiger partial charge in [0.2, 0.25) is 0 Å². The quantitative estimate of drug-likeness (QED) is 0.854. The van der Waals surface area contributed by atoms with E-state index in [4.69, 9.17) is 4.74 Å². The summed E-state index contributed by atoms with van der Waals surface area (Å²) in [5, 5.41) is 9.25. The fourth-order valence-electron chi connectivity index (χ4n) is 2.00. The first-order valence-corrected chi connectivity index (χ1v) is 5.73. The maximum atomic E-state index is 13.2. The molecule has 2 nitrogen and oxygen atoms in total. The van der Waals surface area contributed by atoms with Crippen LogP contribution in [0.5, 0.6) is 0 Å². The minimum Gasteiger partial charge on any atom is -0.390 e. The summed E-state index contributed by atoms with van der Waals surface area (Å²) in [7, 11) is 0. The first kappa shape index (κ1) is 11.6. The highest BCUT2D eigenvalue weighted by Crippen LogP contribution is 2.24. The highest BCUT2D eigenvalue weighted by molar-refractivity contribution is 5.13. The molecule has 1 fully saturated rings. The Balaban J connectivity index is 1.79. The maximum Gasteiger partial charge on any atom is 0.128 e. The Morgan fingerprint density at radius 1 is 1.25 bits per heavy atom. The summed E-state index contributed by atoms with van der Waals surface area (Å²) in [6.07, 6.45) is -0.423. The van der Waals surface area contributed by atoms with Crippen LogP contribution in [0.4, 0.5) is 4.39 Å². The van der Waals surface area contributed by atoms with Gasteiger partial charge >= 0.3 is 0 Å². The van der Waals surface area contributed by atoms with E-state index in [1.54, 1.807) is 0 Å². The Morgan fingerprint density at radius 3 is 2.69 bits per heavy atom. The average molecular weight is 224 g/mol. The molecule has 1 aromatic rings. The SMILES string of the molecule is OC1CCC(OCc2ccccc2)CC1F. The number of halogens is 1. The summed E-state index contributed by atoms with van der Waals surface area (Å²) in [5.74, 6) is 0. The van der Waals surface area contributed by atoms with Gasteiger partial charge in [0, 0.05) is 6.42 Å². The lowest BCUT2D eigenvalue weighted by molar-refractivity contribution is -0.0497. The van der Waals surface area contributed by atoms with Crippen LogP contribution in [-0.4, -0.2) is 23.5 Å². The van der Waals surface area contributed by atoms with Crippen LogP contribution in [-0.2, 0) is 11.3 Å². The smallest absolute Gasteiger partial charge is 0.128 e. The molecule has 0 bridgehead atoms. The Morgan fingerprint density at radius 2 is 2.00 bits per heavy atom. The highest BCUT2D eigenvalue weighted by atomic mass is 19.1. The zero-order valence-electron chi connectivity index (χ0n) is 9.18. The third-order valence-electron chi connectivity index (χ3n) is 3.02. The topological polar surface area (TPSA) is 29.5 Å². The number of aliphatic hydroxyl groups is 1. The van der Waals surface area contributed by atoms with Crippen molar-refractivity contribution in [2.24, 2.45) is 0 Å². The van der Waals surface area contributed by atoms with E-state index in [9.17, 15) is 9.50 Å². The molecule has 1 aliphatic rings. The zero-order valence-corrected chi connectivity index (χ0v) is 9.18. The third-order valence-corrected chi connectivity index (χ3v) is 3.02. The zero-order chi connectivity index (χ0) is 11.4. The number of hydrogen-bond acceptors (Lipinski definition) is 2. The normalized spacial score (nSPS) is 30.2. The molecule has 0 amide bonds. The lowest BCUT2D eigenvalue weighted by Crippen LogP contribution is -2.34. The van der Waals surface area contributed by atoms with Crippen molar-refractivity contribution in [1.29, 1.82) is 0 Å². The van der Waals surface area contributed by atoms with Gasteiger partial charge in [-0.15, -0.1) is 0 Å². The van der Waals surface area contributed by atoms with Gasteiger partial charge in [-0.25, -0.2) is 4.39 Å². The lowest BCUT2D eigenvalue weighted by atomic mass is 9.93. The number of rotatable bonds is 3. The van der Waals surface area contributed by atoms with Crippen molar-refractivity contribution in [1.82, 2.24) is 0 Å². The molecule has 1 aliphatic carbocycles. The highest BCUT2D eigenvalue weighted by Gasteiger charge is 2.29. The predicted molar refractivity (Wildman–Crippen MR) is 59.8 cm³/mol. The van der Waals surface area contributed by atoms with Gasteiger partial charge in [0.05, 0.1) is 18.8 Å². The largest absolute Gasteiger partial charge is 0.390 e. The molecular weight excluding hydrogens is 207 g/mol. The van der Waals surface area contributed by atoms with Crippen LogP contribution in [0.2, 0.25) is 0 Å². The fraction of sp³-hybridized carbons (Fsp3) is 0.538. The molecule has 0 saturated heterocycles. The molecule has 0 aliphatic heterocycles. The molecular formula is C13H17FO2. The first-order valence-electron chi connectivity index (χ1n) is 5.73. The van der Waals surface area contributed by atoms with Gasteiger partial charge in [-0.2, -0.15) is 0 Å². The van der Waals surface area contributed by atoms with E-state index >= 15 is 0 Å². The van der Waals surface area contributed by atoms with Crippen molar-refractivity contribution in [2.45, 2.75) is 44.2 Å². The number of ether oxygens (including phenoxy) is 1. The van der Waals surface area contributed by atoms with Crippen molar-refractivity contribution >= 4 is 0 Å². The molecule has 0 spiro atoms. The van der Waals surface area contributed by atoms with Gasteiger partial charge < -0.3 is 9.84 Å². The second-order valence-electron chi connectivity index (χ2n) is 4.32. The molecule has 0 heterocycles. The van der Waals surface area contributed by atoms with Crippen molar-refractivity contribution in [3.05, 3.63) is 35.9 Å². The van der Waals surface area contributed by atoms with Crippen LogP contribution in [0.3, 0.4) is 0 Å². The number of hydrogen-bond donors (Lipinski definition) is 1. The van der Waals surface area contributed by atoms with Crippen molar-refractivity contribution < 1.29 is 14.2 Å². The average Bonchev–Trinajstić information content (AvgIpc) is 2.32. The van der Waals surface area contributed by atoms with E-state index in [1.807, 2.05) is 30.3 Å². The van der Waals surface area contributed by atoms with E-state index < -0.39 is 12.3 Å². The van der Waals surface area contributed by atoms with Gasteiger partial charge in [-0.1, -0.05) is 30.3 Å². The monoisotopic (exact) mass is 224 g/mol. The van der Waals surface area contributed by atoms with Crippen molar-refractivity contribution in [3.8, 4) is 0 Å². The second kappa shape index (κ2) is 5.41. The van der Waals surface area contributed by atoms with Crippen molar-refractivity contribution in [2.75, 3.05) is 0 Å². The number of benzene rings is 1. The molecule has 0 radical (unpaired) electrons. The van der Waals surface area contributed by atoms with E-state index in [0.717, 1.165) is 12.0 Å². The molecule has 3 unspecified atom stereocenters. The molecule has 1 aromatic carbocycles. The van der Waals surface area contributed by atoms with Gasteiger partial charge in [-0.05, 0) is 18.4 Å². The molecule has 16 heavy (non-hydrogen) atoms. The first-order chi connectivity index (χ1) is 7.75. The molecule has 2 rings (SSSR count). The molecule has 1 N–H and O–H groups in total. The minimum atomic E-state index is -1.13. The Bertz CT molecular complexity index is 315. The summed E-state index contributed by atoms with van der Waals surface area (Å²) in [6, 6.07) is 9.86. The molecule has 1 saturated carbocycles. The molecule has 3 heteroatoms. The van der Waals surface area contributed by atoms with E-state index in [-0.39, 0.29) is 6.10 Å². The fourth-order valence-corrected chi connectivity index (χ4v) is 2.00. The van der Waals surface area contributed by atoms with Crippen LogP contribution in [0, 0.1) is 0 Å². The summed E-state index contributed by atoms with van der Waals surface area (Å²) in [6.45, 7) is 0.522. The Hall–Kier alpha value is -0.930. The molecule has 3 atom stereocenters. The van der Waals surface area contributed by atoms with Gasteiger partial charge in [-0.3, -0.25) is 0 Å². The minimum absolute atomic E-state index is 0.0568. The van der Waals surface area contributed by atoms with Crippen LogP contribution in [0.1, 0.15) is 24.8 Å². The lowest BCUT2D eigenvalue weighted by Gasteiger charge is -2.28. The summed E-state index contributed by atoms with van der Waals surface area (Å²) >= 11 is 0. The second-order valence-corrected chi connectivity index (χ2v) is 4.32. The van der Waals surface area contributed by atoms with E-state index in [2.05, 4.69) is 0 Å². The van der Waals surface area contributed by atoms with E-state index in [0.29, 0.717) is 19.4 Å². The van der Waals surface area contributed by atoms with Crippen LogP contribution >= 0.6 is 0 Å². The molecule has 88 valence electrons. The summed E-state index contributed by atoms with van der Waals surface area (Å²) in [4.78, 5) is 0. The summed E-state index contributed by atoms with van der Waals surface area (Å²) < 4.78 is 18.9. The van der Waals surface area contributed by atoms with Gasteiger partial charge in [0.1, 0.15) is 6.17 Å². The van der Waals surface area contributed by atoms with Crippen LogP contribution < -0.4 is 0 Å². The predicted octanol–water partition coefficient (Wildman–Crippen LogP) is 2.45. The summed E-state index contributed by atoms with van der Waals surface area (Å²) in [5.41, 5.74) is 1.10. The Labute approximate surface area is 95.1 Å². The third kappa shape index (κ3) is 3.03.